The van der Waals surface area contributed by atoms with Crippen LogP contribution in [0.3, 0.4) is 0 Å². The summed E-state index contributed by atoms with van der Waals surface area (Å²) in [7, 11) is 0. The van der Waals surface area contributed by atoms with Gasteiger partial charge in [0.05, 0.1) is 17.2 Å². The lowest BCUT2D eigenvalue weighted by molar-refractivity contribution is -0.384. The van der Waals surface area contributed by atoms with Crippen LogP contribution in [0.15, 0.2) is 72.8 Å². The molecule has 0 fully saturated rings. The Bertz CT molecular complexity index is 1200. The Morgan fingerprint density at radius 1 is 0.903 bits per heavy atom. The summed E-state index contributed by atoms with van der Waals surface area (Å²) in [6.45, 7) is 2.38. The number of non-ortho nitro benzene ring substituents is 1. The van der Waals surface area contributed by atoms with Crippen molar-refractivity contribution in [2.45, 2.75) is 6.92 Å². The molecule has 154 valence electrons. The van der Waals surface area contributed by atoms with Gasteiger partial charge in [0.1, 0.15) is 5.75 Å². The van der Waals surface area contributed by atoms with E-state index in [0.29, 0.717) is 40.3 Å². The monoisotopic (exact) mass is 414 g/mol. The van der Waals surface area contributed by atoms with Gasteiger partial charge in [0.25, 0.3) is 17.5 Å². The molecule has 7 heteroatoms. The standard InChI is InChI=1S/C24H18N2O5/c1-2-31-19-13-11-17(12-14-19)25-23(27)21-6-4-3-5-20(21)22(24(25)28)15-16-7-9-18(10-8-16)26(29)30/h3-15H,2H2,1H3/b22-15-. The summed E-state index contributed by atoms with van der Waals surface area (Å²) in [5.74, 6) is -0.234. The Balaban J connectivity index is 1.79. The largest absolute Gasteiger partial charge is 0.494 e. The number of hydrogen-bond acceptors (Lipinski definition) is 5. The van der Waals surface area contributed by atoms with E-state index in [9.17, 15) is 19.7 Å². The number of carbonyl (C=O) groups is 2. The number of hydrogen-bond donors (Lipinski definition) is 0. The first-order chi connectivity index (χ1) is 15.0. The zero-order chi connectivity index (χ0) is 22.0. The van der Waals surface area contributed by atoms with Crippen molar-refractivity contribution in [2.24, 2.45) is 0 Å². The minimum absolute atomic E-state index is 0.0382. The van der Waals surface area contributed by atoms with Crippen LogP contribution < -0.4 is 9.64 Å². The maximum atomic E-state index is 13.4. The Morgan fingerprint density at radius 2 is 1.55 bits per heavy atom. The van der Waals surface area contributed by atoms with E-state index >= 15 is 0 Å². The fourth-order valence-electron chi connectivity index (χ4n) is 3.44. The van der Waals surface area contributed by atoms with Crippen molar-refractivity contribution in [3.8, 4) is 5.75 Å². The number of rotatable bonds is 5. The zero-order valence-electron chi connectivity index (χ0n) is 16.6. The summed E-state index contributed by atoms with van der Waals surface area (Å²) < 4.78 is 5.44. The molecule has 0 spiro atoms. The predicted octanol–water partition coefficient (Wildman–Crippen LogP) is 4.72. The van der Waals surface area contributed by atoms with Gasteiger partial charge in [-0.2, -0.15) is 0 Å². The van der Waals surface area contributed by atoms with Gasteiger partial charge in [0.2, 0.25) is 0 Å². The molecule has 0 saturated heterocycles. The molecule has 0 saturated carbocycles. The quantitative estimate of drug-likeness (QED) is 0.261. The number of benzene rings is 3. The van der Waals surface area contributed by atoms with Crippen molar-refractivity contribution < 1.29 is 19.2 Å². The number of nitro groups is 1. The molecule has 0 bridgehead atoms. The van der Waals surface area contributed by atoms with Gasteiger partial charge in [-0.05, 0) is 66.6 Å². The number of fused-ring (bicyclic) bond motifs is 1. The third-order valence-electron chi connectivity index (χ3n) is 4.91. The molecule has 7 nitrogen and oxygen atoms in total. The van der Waals surface area contributed by atoms with Crippen LogP contribution in [0, 0.1) is 10.1 Å². The summed E-state index contributed by atoms with van der Waals surface area (Å²) in [5, 5.41) is 10.9. The second-order valence-electron chi connectivity index (χ2n) is 6.82. The fraction of sp³-hybridized carbons (Fsp3) is 0.0833. The van der Waals surface area contributed by atoms with Crippen LogP contribution in [0.1, 0.15) is 28.4 Å². The SMILES string of the molecule is CCOc1ccc(N2C(=O)/C(=C\c3ccc([N+](=O)[O-])cc3)c3ccccc3C2=O)cc1. The molecule has 0 unspecified atom stereocenters. The number of carbonyl (C=O) groups excluding carboxylic acids is 2. The molecule has 0 N–H and O–H groups in total. The summed E-state index contributed by atoms with van der Waals surface area (Å²) in [4.78, 5) is 38.1. The van der Waals surface area contributed by atoms with Crippen molar-refractivity contribution in [2.75, 3.05) is 11.5 Å². The van der Waals surface area contributed by atoms with Crippen LogP contribution in [-0.4, -0.2) is 23.3 Å². The highest BCUT2D eigenvalue weighted by Crippen LogP contribution is 2.34. The normalized spacial score (nSPS) is 14.5. The lowest BCUT2D eigenvalue weighted by Crippen LogP contribution is -2.41. The molecule has 4 rings (SSSR count). The minimum atomic E-state index is -0.482. The fourth-order valence-corrected chi connectivity index (χ4v) is 3.44. The number of amides is 2. The molecule has 31 heavy (non-hydrogen) atoms. The van der Waals surface area contributed by atoms with Crippen LogP contribution in [-0.2, 0) is 4.79 Å². The van der Waals surface area contributed by atoms with Crippen LogP contribution in [0.2, 0.25) is 0 Å². The van der Waals surface area contributed by atoms with E-state index < -0.39 is 16.7 Å². The topological polar surface area (TPSA) is 89.8 Å². The summed E-state index contributed by atoms with van der Waals surface area (Å²) in [5.41, 5.74) is 2.27. The summed E-state index contributed by atoms with van der Waals surface area (Å²) >= 11 is 0. The first-order valence-corrected chi connectivity index (χ1v) is 9.67. The molecule has 3 aromatic carbocycles. The Kier molecular flexibility index (Phi) is 5.32. The van der Waals surface area contributed by atoms with Crippen molar-refractivity contribution in [1.29, 1.82) is 0 Å². The molecular weight excluding hydrogens is 396 g/mol. The van der Waals surface area contributed by atoms with Crippen LogP contribution in [0.4, 0.5) is 11.4 Å². The van der Waals surface area contributed by atoms with E-state index in [4.69, 9.17) is 4.74 Å². The van der Waals surface area contributed by atoms with Crippen molar-refractivity contribution >= 4 is 34.8 Å². The molecule has 1 aliphatic rings. The van der Waals surface area contributed by atoms with Crippen molar-refractivity contribution in [3.63, 3.8) is 0 Å². The van der Waals surface area contributed by atoms with Gasteiger partial charge in [-0.25, -0.2) is 4.90 Å². The number of anilines is 1. The molecule has 1 aliphatic heterocycles. The average molecular weight is 414 g/mol. The lowest BCUT2D eigenvalue weighted by atomic mass is 9.91. The number of ether oxygens (including phenoxy) is 1. The van der Waals surface area contributed by atoms with Gasteiger partial charge in [-0.1, -0.05) is 18.2 Å². The van der Waals surface area contributed by atoms with Crippen molar-refractivity contribution in [3.05, 3.63) is 99.6 Å². The van der Waals surface area contributed by atoms with E-state index in [0.717, 1.165) is 4.90 Å². The number of nitro benzene ring substituents is 1. The first-order valence-electron chi connectivity index (χ1n) is 9.67. The van der Waals surface area contributed by atoms with E-state index in [1.807, 2.05) is 6.92 Å². The highest BCUT2D eigenvalue weighted by atomic mass is 16.6. The number of imide groups is 1. The van der Waals surface area contributed by atoms with Crippen LogP contribution >= 0.6 is 0 Å². The third-order valence-corrected chi connectivity index (χ3v) is 4.91. The zero-order valence-corrected chi connectivity index (χ0v) is 16.6. The Labute approximate surface area is 178 Å². The molecule has 3 aromatic rings. The molecule has 2 amide bonds. The molecule has 0 aromatic heterocycles. The predicted molar refractivity (Wildman–Crippen MR) is 117 cm³/mol. The van der Waals surface area contributed by atoms with Gasteiger partial charge in [0, 0.05) is 23.3 Å². The molecular formula is C24H18N2O5. The van der Waals surface area contributed by atoms with Gasteiger partial charge >= 0.3 is 0 Å². The summed E-state index contributed by atoms with van der Waals surface area (Å²) in [6, 6.07) is 19.5. The van der Waals surface area contributed by atoms with Crippen LogP contribution in [0.5, 0.6) is 5.75 Å². The summed E-state index contributed by atoms with van der Waals surface area (Å²) in [6.07, 6.45) is 1.64. The molecule has 0 radical (unpaired) electrons. The van der Waals surface area contributed by atoms with E-state index in [-0.39, 0.29) is 5.69 Å². The lowest BCUT2D eigenvalue weighted by Gasteiger charge is -2.28. The Morgan fingerprint density at radius 3 is 2.16 bits per heavy atom. The van der Waals surface area contributed by atoms with Crippen LogP contribution in [0.25, 0.3) is 11.6 Å². The minimum Gasteiger partial charge on any atom is -0.494 e. The second kappa shape index (κ2) is 8.23. The molecule has 0 aliphatic carbocycles. The van der Waals surface area contributed by atoms with Crippen molar-refractivity contribution in [1.82, 2.24) is 0 Å². The van der Waals surface area contributed by atoms with E-state index in [1.165, 1.54) is 12.1 Å². The Hall–Kier alpha value is -4.26. The first kappa shape index (κ1) is 20.0. The van der Waals surface area contributed by atoms with Gasteiger partial charge in [-0.3, -0.25) is 19.7 Å². The van der Waals surface area contributed by atoms with Gasteiger partial charge < -0.3 is 4.74 Å². The maximum Gasteiger partial charge on any atom is 0.269 e. The maximum absolute atomic E-state index is 13.4. The van der Waals surface area contributed by atoms with E-state index in [2.05, 4.69) is 0 Å². The third kappa shape index (κ3) is 3.81. The van der Waals surface area contributed by atoms with Gasteiger partial charge in [-0.15, -0.1) is 0 Å². The highest BCUT2D eigenvalue weighted by Gasteiger charge is 2.35. The smallest absolute Gasteiger partial charge is 0.269 e. The second-order valence-corrected chi connectivity index (χ2v) is 6.82. The number of nitrogens with zero attached hydrogens (tertiary/aromatic N) is 2. The molecule has 1 heterocycles. The van der Waals surface area contributed by atoms with E-state index in [1.54, 1.807) is 66.7 Å². The highest BCUT2D eigenvalue weighted by molar-refractivity contribution is 6.43. The molecule has 0 atom stereocenters. The average Bonchev–Trinajstić information content (AvgIpc) is 2.78. The van der Waals surface area contributed by atoms with Gasteiger partial charge in [0.15, 0.2) is 0 Å².